The lowest BCUT2D eigenvalue weighted by atomic mass is 9.87. The summed E-state index contributed by atoms with van der Waals surface area (Å²) in [6.45, 7) is 7.26. The number of nitrogens with one attached hydrogen (secondary N) is 1. The fourth-order valence-electron chi connectivity index (χ4n) is 3.07. The molecule has 1 aromatic rings. The van der Waals surface area contributed by atoms with E-state index in [9.17, 15) is 8.42 Å². The van der Waals surface area contributed by atoms with Gasteiger partial charge in [-0.05, 0) is 43.7 Å². The first kappa shape index (κ1) is 20.0. The summed E-state index contributed by atoms with van der Waals surface area (Å²) in [6, 6.07) is 4.88. The fraction of sp³-hybridized carbons (Fsp3) is 0.684. The van der Waals surface area contributed by atoms with Crippen molar-refractivity contribution in [3.8, 4) is 11.5 Å². The van der Waals surface area contributed by atoms with Gasteiger partial charge < -0.3 is 9.47 Å². The Morgan fingerprint density at radius 3 is 2.32 bits per heavy atom. The van der Waals surface area contributed by atoms with Crippen LogP contribution in [0.15, 0.2) is 23.1 Å². The van der Waals surface area contributed by atoms with Crippen LogP contribution in [0.5, 0.6) is 11.5 Å². The molecule has 1 N–H and O–H groups in total. The summed E-state index contributed by atoms with van der Waals surface area (Å²) < 4.78 is 39.9. The molecule has 6 heteroatoms. The SMILES string of the molecule is CCCOc1ccc(S(=O)(=O)N[C@H]2CCCC[C@H]2C)cc1OCCC. The summed E-state index contributed by atoms with van der Waals surface area (Å²) >= 11 is 0. The van der Waals surface area contributed by atoms with Crippen LogP contribution < -0.4 is 14.2 Å². The summed E-state index contributed by atoms with van der Waals surface area (Å²) in [5.41, 5.74) is 0. The van der Waals surface area contributed by atoms with Crippen LogP contribution in [0.1, 0.15) is 59.3 Å². The topological polar surface area (TPSA) is 64.6 Å². The second-order valence-electron chi connectivity index (χ2n) is 6.79. The van der Waals surface area contributed by atoms with Gasteiger partial charge in [0.15, 0.2) is 11.5 Å². The van der Waals surface area contributed by atoms with Gasteiger partial charge in [0.05, 0.1) is 18.1 Å². The minimum atomic E-state index is -3.56. The third-order valence-corrected chi connectivity index (χ3v) is 6.05. The number of rotatable bonds is 9. The van der Waals surface area contributed by atoms with Gasteiger partial charge in [-0.1, -0.05) is 33.6 Å². The van der Waals surface area contributed by atoms with Gasteiger partial charge in [0.1, 0.15) is 0 Å². The van der Waals surface area contributed by atoms with E-state index in [0.29, 0.717) is 30.6 Å². The second-order valence-corrected chi connectivity index (χ2v) is 8.51. The zero-order valence-electron chi connectivity index (χ0n) is 15.6. The molecule has 2 atom stereocenters. The maximum absolute atomic E-state index is 12.8. The summed E-state index contributed by atoms with van der Waals surface area (Å²) in [7, 11) is -3.56. The summed E-state index contributed by atoms with van der Waals surface area (Å²) in [5, 5.41) is 0. The maximum atomic E-state index is 12.8. The molecule has 0 unspecified atom stereocenters. The van der Waals surface area contributed by atoms with Crippen LogP contribution in [0.2, 0.25) is 0 Å². The first-order valence-electron chi connectivity index (χ1n) is 9.40. The molecule has 2 rings (SSSR count). The van der Waals surface area contributed by atoms with Crippen LogP contribution in [0, 0.1) is 5.92 Å². The Balaban J connectivity index is 2.20. The summed E-state index contributed by atoms with van der Waals surface area (Å²) in [6.07, 6.45) is 5.96. The van der Waals surface area contributed by atoms with Crippen molar-refractivity contribution >= 4 is 10.0 Å². The third kappa shape index (κ3) is 5.61. The highest BCUT2D eigenvalue weighted by Gasteiger charge is 2.27. The Bertz CT molecular complexity index is 645. The maximum Gasteiger partial charge on any atom is 0.240 e. The van der Waals surface area contributed by atoms with Crippen LogP contribution in [-0.2, 0) is 10.0 Å². The number of hydrogen-bond donors (Lipinski definition) is 1. The molecule has 1 saturated carbocycles. The minimum absolute atomic E-state index is 0.00905. The second kappa shape index (κ2) is 9.43. The number of benzene rings is 1. The number of ether oxygens (including phenoxy) is 2. The molecule has 0 spiro atoms. The Morgan fingerprint density at radius 2 is 1.68 bits per heavy atom. The molecule has 142 valence electrons. The van der Waals surface area contributed by atoms with Gasteiger partial charge in [-0.3, -0.25) is 0 Å². The number of hydrogen-bond acceptors (Lipinski definition) is 4. The standard InChI is InChI=1S/C19H31NO4S/c1-4-12-23-18-11-10-16(14-19(18)24-13-5-2)25(21,22)20-17-9-7-6-8-15(17)3/h10-11,14-15,17,20H,4-9,12-13H2,1-3H3/t15-,17+/m1/s1. The first-order valence-corrected chi connectivity index (χ1v) is 10.9. The molecule has 0 saturated heterocycles. The Morgan fingerprint density at radius 1 is 1.04 bits per heavy atom. The highest BCUT2D eigenvalue weighted by molar-refractivity contribution is 7.89. The van der Waals surface area contributed by atoms with E-state index < -0.39 is 10.0 Å². The van der Waals surface area contributed by atoms with E-state index in [1.54, 1.807) is 18.2 Å². The predicted octanol–water partition coefficient (Wildman–Crippen LogP) is 4.12. The van der Waals surface area contributed by atoms with Crippen LogP contribution in [0.25, 0.3) is 0 Å². The molecule has 0 heterocycles. The van der Waals surface area contributed by atoms with Crippen molar-refractivity contribution in [2.24, 2.45) is 5.92 Å². The molecule has 0 aliphatic heterocycles. The van der Waals surface area contributed by atoms with Crippen LogP contribution >= 0.6 is 0 Å². The average Bonchev–Trinajstić information content (AvgIpc) is 2.60. The van der Waals surface area contributed by atoms with Gasteiger partial charge in [-0.2, -0.15) is 0 Å². The molecule has 0 radical (unpaired) electrons. The van der Waals surface area contributed by atoms with E-state index in [2.05, 4.69) is 11.6 Å². The molecule has 5 nitrogen and oxygen atoms in total. The van der Waals surface area contributed by atoms with E-state index in [-0.39, 0.29) is 10.9 Å². The van der Waals surface area contributed by atoms with Crippen molar-refractivity contribution < 1.29 is 17.9 Å². The molecular weight excluding hydrogens is 338 g/mol. The van der Waals surface area contributed by atoms with Crippen molar-refractivity contribution in [2.45, 2.75) is 70.2 Å². The van der Waals surface area contributed by atoms with Gasteiger partial charge in [-0.25, -0.2) is 13.1 Å². The molecule has 0 amide bonds. The van der Waals surface area contributed by atoms with Crippen LogP contribution in [-0.4, -0.2) is 27.7 Å². The molecule has 1 aliphatic rings. The zero-order valence-corrected chi connectivity index (χ0v) is 16.4. The lowest BCUT2D eigenvalue weighted by molar-refractivity contribution is 0.267. The van der Waals surface area contributed by atoms with Gasteiger partial charge >= 0.3 is 0 Å². The number of sulfonamides is 1. The lowest BCUT2D eigenvalue weighted by Crippen LogP contribution is -2.40. The van der Waals surface area contributed by atoms with Crippen molar-refractivity contribution in [2.75, 3.05) is 13.2 Å². The summed E-state index contributed by atoms with van der Waals surface area (Å²) in [4.78, 5) is 0.236. The van der Waals surface area contributed by atoms with E-state index in [4.69, 9.17) is 9.47 Å². The molecular formula is C19H31NO4S. The molecule has 1 aliphatic carbocycles. The zero-order chi connectivity index (χ0) is 18.3. The van der Waals surface area contributed by atoms with E-state index in [0.717, 1.165) is 32.1 Å². The van der Waals surface area contributed by atoms with E-state index >= 15 is 0 Å². The molecule has 1 fully saturated rings. The van der Waals surface area contributed by atoms with Gasteiger partial charge in [-0.15, -0.1) is 0 Å². The average molecular weight is 370 g/mol. The predicted molar refractivity (Wildman–Crippen MR) is 99.8 cm³/mol. The lowest BCUT2D eigenvalue weighted by Gasteiger charge is -2.29. The quantitative estimate of drug-likeness (QED) is 0.711. The Labute approximate surface area is 152 Å². The Kier molecular flexibility index (Phi) is 7.56. The molecule has 0 aromatic heterocycles. The highest BCUT2D eigenvalue weighted by Crippen LogP contribution is 2.31. The third-order valence-electron chi connectivity index (χ3n) is 4.57. The van der Waals surface area contributed by atoms with Crippen molar-refractivity contribution in [1.29, 1.82) is 0 Å². The van der Waals surface area contributed by atoms with Gasteiger partial charge in [0, 0.05) is 12.1 Å². The Hall–Kier alpha value is -1.27. The van der Waals surface area contributed by atoms with Crippen molar-refractivity contribution in [3.05, 3.63) is 18.2 Å². The highest BCUT2D eigenvalue weighted by atomic mass is 32.2. The largest absolute Gasteiger partial charge is 0.490 e. The normalized spacial score (nSPS) is 21.1. The van der Waals surface area contributed by atoms with Gasteiger partial charge in [0.25, 0.3) is 0 Å². The fourth-order valence-corrected chi connectivity index (χ4v) is 4.46. The van der Waals surface area contributed by atoms with Gasteiger partial charge in [0.2, 0.25) is 10.0 Å². The molecule has 0 bridgehead atoms. The van der Waals surface area contributed by atoms with E-state index in [1.807, 2.05) is 13.8 Å². The van der Waals surface area contributed by atoms with Crippen molar-refractivity contribution in [3.63, 3.8) is 0 Å². The molecule has 1 aromatic carbocycles. The monoisotopic (exact) mass is 369 g/mol. The summed E-state index contributed by atoms with van der Waals surface area (Å²) in [5.74, 6) is 1.46. The first-order chi connectivity index (χ1) is 12.0. The minimum Gasteiger partial charge on any atom is -0.490 e. The van der Waals surface area contributed by atoms with Crippen LogP contribution in [0.4, 0.5) is 0 Å². The smallest absolute Gasteiger partial charge is 0.240 e. The molecule has 25 heavy (non-hydrogen) atoms. The van der Waals surface area contributed by atoms with Crippen molar-refractivity contribution in [1.82, 2.24) is 4.72 Å². The van der Waals surface area contributed by atoms with E-state index in [1.165, 1.54) is 6.42 Å². The van der Waals surface area contributed by atoms with Crippen LogP contribution in [0.3, 0.4) is 0 Å².